The minimum absolute atomic E-state index is 0.259. The number of aromatic nitrogens is 4. The molecule has 2 rings (SSSR count). The lowest BCUT2D eigenvalue weighted by Gasteiger charge is -2.09. The van der Waals surface area contributed by atoms with E-state index < -0.39 is 0 Å². The minimum atomic E-state index is 0.259. The summed E-state index contributed by atoms with van der Waals surface area (Å²) >= 11 is 0. The Labute approximate surface area is 88.2 Å². The van der Waals surface area contributed by atoms with Crippen molar-refractivity contribution in [3.8, 4) is 5.69 Å². The molecule has 1 N–H and O–H groups in total. The summed E-state index contributed by atoms with van der Waals surface area (Å²) < 4.78 is 1.68. The molecule has 0 saturated carbocycles. The summed E-state index contributed by atoms with van der Waals surface area (Å²) in [6.45, 7) is 2.07. The summed E-state index contributed by atoms with van der Waals surface area (Å²) in [6.07, 6.45) is 4.94. The summed E-state index contributed by atoms with van der Waals surface area (Å²) in [7, 11) is 1.91. The molecule has 15 heavy (non-hydrogen) atoms. The van der Waals surface area contributed by atoms with E-state index in [1.165, 1.54) is 6.33 Å². The number of pyridine rings is 1. The van der Waals surface area contributed by atoms with E-state index in [-0.39, 0.29) is 6.04 Å². The molecule has 0 aromatic carbocycles. The van der Waals surface area contributed by atoms with Crippen LogP contribution in [0, 0.1) is 0 Å². The largest absolute Gasteiger partial charge is 0.312 e. The van der Waals surface area contributed by atoms with Crippen molar-refractivity contribution in [3.05, 3.63) is 36.7 Å². The van der Waals surface area contributed by atoms with E-state index in [1.54, 1.807) is 17.2 Å². The lowest BCUT2D eigenvalue weighted by molar-refractivity contribution is 0.632. The summed E-state index contributed by atoms with van der Waals surface area (Å²) in [4.78, 5) is 8.24. The van der Waals surface area contributed by atoms with Crippen LogP contribution in [0.4, 0.5) is 0 Å². The number of hydrogen-bond acceptors (Lipinski definition) is 4. The van der Waals surface area contributed by atoms with E-state index in [4.69, 9.17) is 0 Å². The first kappa shape index (κ1) is 9.79. The third-order valence-corrected chi connectivity index (χ3v) is 2.33. The maximum absolute atomic E-state index is 4.35. The van der Waals surface area contributed by atoms with Crippen molar-refractivity contribution in [2.75, 3.05) is 7.05 Å². The van der Waals surface area contributed by atoms with Crippen LogP contribution in [0.25, 0.3) is 5.69 Å². The summed E-state index contributed by atoms with van der Waals surface area (Å²) in [6, 6.07) is 4.22. The molecule has 0 aliphatic rings. The van der Waals surface area contributed by atoms with E-state index >= 15 is 0 Å². The van der Waals surface area contributed by atoms with Crippen molar-refractivity contribution < 1.29 is 0 Å². The molecule has 78 valence electrons. The van der Waals surface area contributed by atoms with E-state index in [9.17, 15) is 0 Å². The molecule has 0 aliphatic heterocycles. The van der Waals surface area contributed by atoms with E-state index in [0.29, 0.717) is 0 Å². The molecular formula is C10H13N5. The summed E-state index contributed by atoms with van der Waals surface area (Å²) in [5.41, 5.74) is 1.93. The molecule has 2 aromatic heterocycles. The van der Waals surface area contributed by atoms with Gasteiger partial charge in [-0.2, -0.15) is 5.10 Å². The number of hydrogen-bond donors (Lipinski definition) is 1. The summed E-state index contributed by atoms with van der Waals surface area (Å²) in [5.74, 6) is 0. The topological polar surface area (TPSA) is 55.6 Å². The lowest BCUT2D eigenvalue weighted by Crippen LogP contribution is -2.13. The van der Waals surface area contributed by atoms with E-state index in [2.05, 4.69) is 27.3 Å². The van der Waals surface area contributed by atoms with Gasteiger partial charge < -0.3 is 5.32 Å². The molecule has 0 saturated heterocycles. The fraction of sp³-hybridized carbons (Fsp3) is 0.300. The highest BCUT2D eigenvalue weighted by Crippen LogP contribution is 2.10. The Kier molecular flexibility index (Phi) is 2.73. The molecule has 0 amide bonds. The number of nitrogens with zero attached hydrogens (tertiary/aromatic N) is 4. The van der Waals surface area contributed by atoms with Gasteiger partial charge in [-0.05, 0) is 26.1 Å². The number of nitrogens with one attached hydrogen (secondary N) is 1. The van der Waals surface area contributed by atoms with Crippen LogP contribution in [0.3, 0.4) is 0 Å². The second-order valence-electron chi connectivity index (χ2n) is 3.29. The molecule has 0 fully saturated rings. The molecule has 0 aliphatic carbocycles. The zero-order valence-electron chi connectivity index (χ0n) is 8.75. The fourth-order valence-corrected chi connectivity index (χ4v) is 1.28. The van der Waals surface area contributed by atoms with Crippen LogP contribution in [-0.4, -0.2) is 26.8 Å². The molecule has 2 aromatic rings. The van der Waals surface area contributed by atoms with Gasteiger partial charge in [0.15, 0.2) is 0 Å². The third-order valence-electron chi connectivity index (χ3n) is 2.33. The first-order chi connectivity index (χ1) is 7.31. The molecule has 0 radical (unpaired) electrons. The quantitative estimate of drug-likeness (QED) is 0.806. The van der Waals surface area contributed by atoms with Gasteiger partial charge in [0.2, 0.25) is 0 Å². The van der Waals surface area contributed by atoms with Gasteiger partial charge in [-0.3, -0.25) is 4.98 Å². The highest BCUT2D eigenvalue weighted by molar-refractivity contribution is 5.28. The van der Waals surface area contributed by atoms with Crippen LogP contribution in [0.1, 0.15) is 18.7 Å². The first-order valence-electron chi connectivity index (χ1n) is 4.79. The van der Waals surface area contributed by atoms with Gasteiger partial charge in [-0.1, -0.05) is 0 Å². The Morgan fingerprint density at radius 1 is 1.40 bits per heavy atom. The number of rotatable bonds is 3. The van der Waals surface area contributed by atoms with Crippen molar-refractivity contribution in [3.63, 3.8) is 0 Å². The van der Waals surface area contributed by atoms with Crippen LogP contribution in [0.5, 0.6) is 0 Å². The third kappa shape index (κ3) is 2.02. The second-order valence-corrected chi connectivity index (χ2v) is 3.29. The maximum Gasteiger partial charge on any atom is 0.138 e. The summed E-state index contributed by atoms with van der Waals surface area (Å²) in [5, 5.41) is 7.17. The maximum atomic E-state index is 4.35. The Hall–Kier alpha value is -1.75. The van der Waals surface area contributed by atoms with Crippen LogP contribution in [0.2, 0.25) is 0 Å². The predicted octanol–water partition coefficient (Wildman–Crippen LogP) is 0.943. The molecule has 1 atom stereocenters. The average Bonchev–Trinajstić information content (AvgIpc) is 2.82. The fourth-order valence-electron chi connectivity index (χ4n) is 1.28. The SMILES string of the molecule is CNC(C)c1ccc(-n2cncn2)cn1. The Morgan fingerprint density at radius 3 is 2.80 bits per heavy atom. The van der Waals surface area contributed by atoms with E-state index in [0.717, 1.165) is 11.4 Å². The van der Waals surface area contributed by atoms with Gasteiger partial charge >= 0.3 is 0 Å². The molecular weight excluding hydrogens is 190 g/mol. The molecule has 5 heteroatoms. The van der Waals surface area contributed by atoms with Crippen molar-refractivity contribution in [1.29, 1.82) is 0 Å². The normalized spacial score (nSPS) is 12.7. The Bertz CT molecular complexity index is 406. The highest BCUT2D eigenvalue weighted by atomic mass is 15.3. The van der Waals surface area contributed by atoms with Gasteiger partial charge in [-0.25, -0.2) is 9.67 Å². The van der Waals surface area contributed by atoms with Crippen molar-refractivity contribution in [2.24, 2.45) is 0 Å². The molecule has 0 spiro atoms. The van der Waals surface area contributed by atoms with Crippen LogP contribution in [0.15, 0.2) is 31.0 Å². The van der Waals surface area contributed by atoms with Crippen molar-refractivity contribution >= 4 is 0 Å². The van der Waals surface area contributed by atoms with Gasteiger partial charge in [-0.15, -0.1) is 0 Å². The molecule has 1 unspecified atom stereocenters. The second kappa shape index (κ2) is 4.18. The predicted molar refractivity (Wildman–Crippen MR) is 56.6 cm³/mol. The zero-order chi connectivity index (χ0) is 10.7. The zero-order valence-corrected chi connectivity index (χ0v) is 8.75. The Morgan fingerprint density at radius 2 is 2.27 bits per heavy atom. The van der Waals surface area contributed by atoms with Gasteiger partial charge in [0, 0.05) is 6.04 Å². The van der Waals surface area contributed by atoms with Crippen LogP contribution in [-0.2, 0) is 0 Å². The average molecular weight is 203 g/mol. The first-order valence-corrected chi connectivity index (χ1v) is 4.79. The van der Waals surface area contributed by atoms with Gasteiger partial charge in [0.1, 0.15) is 12.7 Å². The van der Waals surface area contributed by atoms with Gasteiger partial charge in [0.05, 0.1) is 17.6 Å². The van der Waals surface area contributed by atoms with Crippen LogP contribution < -0.4 is 5.32 Å². The molecule has 2 heterocycles. The van der Waals surface area contributed by atoms with Gasteiger partial charge in [0.25, 0.3) is 0 Å². The lowest BCUT2D eigenvalue weighted by atomic mass is 10.2. The highest BCUT2D eigenvalue weighted by Gasteiger charge is 2.04. The van der Waals surface area contributed by atoms with E-state index in [1.807, 2.05) is 19.2 Å². The Balaban J connectivity index is 2.25. The minimum Gasteiger partial charge on any atom is -0.312 e. The van der Waals surface area contributed by atoms with Crippen molar-refractivity contribution in [1.82, 2.24) is 25.1 Å². The smallest absolute Gasteiger partial charge is 0.138 e. The molecule has 5 nitrogen and oxygen atoms in total. The monoisotopic (exact) mass is 203 g/mol. The van der Waals surface area contributed by atoms with Crippen LogP contribution >= 0.6 is 0 Å². The molecule has 0 bridgehead atoms. The van der Waals surface area contributed by atoms with Crippen molar-refractivity contribution in [2.45, 2.75) is 13.0 Å². The standard InChI is InChI=1S/C10H13N5/c1-8(11-2)10-4-3-9(5-13-10)15-7-12-6-14-15/h3-8,11H,1-2H3.